The highest BCUT2D eigenvalue weighted by molar-refractivity contribution is 5.29. The van der Waals surface area contributed by atoms with Crippen LogP contribution in [0.5, 0.6) is 0 Å². The van der Waals surface area contributed by atoms with Crippen LogP contribution in [0.2, 0.25) is 0 Å². The molecule has 90 valence electrons. The Hall–Kier alpha value is -1.07. The van der Waals surface area contributed by atoms with Gasteiger partial charge in [-0.15, -0.1) is 0 Å². The van der Waals surface area contributed by atoms with Gasteiger partial charge in [-0.2, -0.15) is 4.98 Å². The van der Waals surface area contributed by atoms with Crippen molar-refractivity contribution < 1.29 is 9.15 Å². The number of anilines is 1. The average Bonchev–Trinajstić information content (AvgIpc) is 2.62. The van der Waals surface area contributed by atoms with Gasteiger partial charge >= 0.3 is 0 Å². The van der Waals surface area contributed by atoms with Crippen LogP contribution in [0.1, 0.15) is 26.5 Å². The van der Waals surface area contributed by atoms with Crippen LogP contribution in [0.3, 0.4) is 0 Å². The second-order valence-corrected chi connectivity index (χ2v) is 4.89. The molecule has 0 bridgehead atoms. The Morgan fingerprint density at radius 2 is 2.38 bits per heavy atom. The van der Waals surface area contributed by atoms with Crippen molar-refractivity contribution in [3.63, 3.8) is 0 Å². The van der Waals surface area contributed by atoms with E-state index in [-0.39, 0.29) is 11.7 Å². The molecule has 1 atom stereocenters. The molecule has 2 heterocycles. The van der Waals surface area contributed by atoms with Crippen molar-refractivity contribution in [3.8, 4) is 0 Å². The Balaban J connectivity index is 2.14. The molecule has 2 rings (SSSR count). The molecule has 0 aliphatic carbocycles. The van der Waals surface area contributed by atoms with Crippen LogP contribution in [0.15, 0.2) is 10.7 Å². The standard InChI is InChI=1S/C11H19N3O2/c1-8-5-14(7-11(2,3)16-8)10-13-9(4-12)6-15-10/h6,8H,4-5,7,12H2,1-3H3. The van der Waals surface area contributed by atoms with E-state index >= 15 is 0 Å². The highest BCUT2D eigenvalue weighted by Gasteiger charge is 2.33. The lowest BCUT2D eigenvalue weighted by Crippen LogP contribution is -2.52. The molecular weight excluding hydrogens is 206 g/mol. The van der Waals surface area contributed by atoms with Gasteiger partial charge in [0.15, 0.2) is 0 Å². The fourth-order valence-electron chi connectivity index (χ4n) is 2.13. The number of morpholine rings is 1. The van der Waals surface area contributed by atoms with Crippen LogP contribution in [-0.4, -0.2) is 29.8 Å². The number of nitrogens with two attached hydrogens (primary N) is 1. The molecule has 1 aliphatic rings. The van der Waals surface area contributed by atoms with Gasteiger partial charge in [0.2, 0.25) is 0 Å². The highest BCUT2D eigenvalue weighted by Crippen LogP contribution is 2.25. The molecule has 16 heavy (non-hydrogen) atoms. The van der Waals surface area contributed by atoms with Gasteiger partial charge in [-0.05, 0) is 20.8 Å². The maximum Gasteiger partial charge on any atom is 0.297 e. The smallest absolute Gasteiger partial charge is 0.297 e. The van der Waals surface area contributed by atoms with E-state index in [1.165, 1.54) is 0 Å². The third-order valence-electron chi connectivity index (χ3n) is 2.59. The highest BCUT2D eigenvalue weighted by atomic mass is 16.5. The summed E-state index contributed by atoms with van der Waals surface area (Å²) in [7, 11) is 0. The minimum Gasteiger partial charge on any atom is -0.432 e. The van der Waals surface area contributed by atoms with Gasteiger partial charge in [-0.3, -0.25) is 0 Å². The Bertz CT molecular complexity index is 362. The van der Waals surface area contributed by atoms with E-state index in [2.05, 4.69) is 30.7 Å². The van der Waals surface area contributed by atoms with Gasteiger partial charge in [0.05, 0.1) is 23.9 Å². The Morgan fingerprint density at radius 1 is 1.62 bits per heavy atom. The first kappa shape index (κ1) is 11.4. The van der Waals surface area contributed by atoms with E-state index in [0.29, 0.717) is 12.6 Å². The van der Waals surface area contributed by atoms with E-state index in [1.54, 1.807) is 6.26 Å². The fraction of sp³-hybridized carbons (Fsp3) is 0.727. The molecule has 5 nitrogen and oxygen atoms in total. The molecule has 1 aromatic heterocycles. The summed E-state index contributed by atoms with van der Waals surface area (Å²) in [6.45, 7) is 8.19. The Labute approximate surface area is 95.6 Å². The first-order chi connectivity index (χ1) is 7.50. The first-order valence-electron chi connectivity index (χ1n) is 5.57. The number of hydrogen-bond acceptors (Lipinski definition) is 5. The second-order valence-electron chi connectivity index (χ2n) is 4.89. The molecule has 1 saturated heterocycles. The summed E-state index contributed by atoms with van der Waals surface area (Å²) in [6.07, 6.45) is 1.79. The quantitative estimate of drug-likeness (QED) is 0.817. The number of oxazole rings is 1. The van der Waals surface area contributed by atoms with E-state index < -0.39 is 0 Å². The molecule has 0 saturated carbocycles. The molecular formula is C11H19N3O2. The molecule has 1 aromatic rings. The summed E-state index contributed by atoms with van der Waals surface area (Å²) < 4.78 is 11.2. The molecule has 1 unspecified atom stereocenters. The maximum absolute atomic E-state index is 5.82. The Kier molecular flexibility index (Phi) is 2.90. The van der Waals surface area contributed by atoms with Gasteiger partial charge in [0, 0.05) is 13.1 Å². The monoisotopic (exact) mass is 225 g/mol. The van der Waals surface area contributed by atoms with E-state index in [4.69, 9.17) is 14.9 Å². The number of ether oxygens (including phenoxy) is 1. The molecule has 1 fully saturated rings. The number of aromatic nitrogens is 1. The van der Waals surface area contributed by atoms with Crippen LogP contribution >= 0.6 is 0 Å². The van der Waals surface area contributed by atoms with Crippen molar-refractivity contribution in [2.75, 3.05) is 18.0 Å². The van der Waals surface area contributed by atoms with Gasteiger partial charge in [-0.25, -0.2) is 0 Å². The predicted molar refractivity (Wildman–Crippen MR) is 61.2 cm³/mol. The summed E-state index contributed by atoms with van der Waals surface area (Å²) in [4.78, 5) is 6.44. The SMILES string of the molecule is CC1CN(c2nc(CN)co2)CC(C)(C)O1. The lowest BCUT2D eigenvalue weighted by molar-refractivity contribution is -0.0761. The van der Waals surface area contributed by atoms with E-state index in [9.17, 15) is 0 Å². The Morgan fingerprint density at radius 3 is 2.94 bits per heavy atom. The van der Waals surface area contributed by atoms with Crippen LogP contribution < -0.4 is 10.6 Å². The summed E-state index contributed by atoms with van der Waals surface area (Å²) in [5, 5.41) is 0. The lowest BCUT2D eigenvalue weighted by Gasteiger charge is -2.40. The molecule has 0 aromatic carbocycles. The topological polar surface area (TPSA) is 64.5 Å². The number of nitrogens with zero attached hydrogens (tertiary/aromatic N) is 2. The molecule has 0 radical (unpaired) electrons. The zero-order chi connectivity index (χ0) is 11.8. The van der Waals surface area contributed by atoms with E-state index in [0.717, 1.165) is 18.8 Å². The minimum atomic E-state index is -0.172. The predicted octanol–water partition coefficient (Wildman–Crippen LogP) is 1.14. The first-order valence-corrected chi connectivity index (χ1v) is 5.57. The van der Waals surface area contributed by atoms with Crippen LogP contribution in [0.4, 0.5) is 6.01 Å². The van der Waals surface area contributed by atoms with Crippen LogP contribution in [0.25, 0.3) is 0 Å². The van der Waals surface area contributed by atoms with Gasteiger partial charge in [-0.1, -0.05) is 0 Å². The van der Waals surface area contributed by atoms with Crippen LogP contribution in [0, 0.1) is 0 Å². The molecule has 1 aliphatic heterocycles. The number of hydrogen-bond donors (Lipinski definition) is 1. The summed E-state index contributed by atoms with van der Waals surface area (Å²) >= 11 is 0. The second kappa shape index (κ2) is 4.07. The van der Waals surface area contributed by atoms with Gasteiger partial charge in [0.25, 0.3) is 6.01 Å². The number of rotatable bonds is 2. The normalized spacial score (nSPS) is 24.8. The van der Waals surface area contributed by atoms with Crippen molar-refractivity contribution in [2.45, 2.75) is 39.0 Å². The van der Waals surface area contributed by atoms with Gasteiger partial charge < -0.3 is 19.8 Å². The summed E-state index contributed by atoms with van der Waals surface area (Å²) in [5.41, 5.74) is 6.12. The summed E-state index contributed by atoms with van der Waals surface area (Å²) in [5.74, 6) is 0. The molecule has 0 spiro atoms. The van der Waals surface area contributed by atoms with Crippen molar-refractivity contribution >= 4 is 6.01 Å². The van der Waals surface area contributed by atoms with Gasteiger partial charge in [0.1, 0.15) is 6.26 Å². The fourth-order valence-corrected chi connectivity index (χ4v) is 2.13. The largest absolute Gasteiger partial charge is 0.432 e. The molecule has 2 N–H and O–H groups in total. The maximum atomic E-state index is 5.82. The van der Waals surface area contributed by atoms with Crippen molar-refractivity contribution in [1.29, 1.82) is 0 Å². The molecule has 5 heteroatoms. The zero-order valence-corrected chi connectivity index (χ0v) is 10.1. The van der Waals surface area contributed by atoms with Crippen LogP contribution in [-0.2, 0) is 11.3 Å². The summed E-state index contributed by atoms with van der Waals surface area (Å²) in [6, 6.07) is 0.642. The lowest BCUT2D eigenvalue weighted by atomic mass is 10.1. The third-order valence-corrected chi connectivity index (χ3v) is 2.59. The van der Waals surface area contributed by atoms with Crippen molar-refractivity contribution in [2.24, 2.45) is 5.73 Å². The average molecular weight is 225 g/mol. The van der Waals surface area contributed by atoms with Crippen molar-refractivity contribution in [3.05, 3.63) is 12.0 Å². The zero-order valence-electron chi connectivity index (χ0n) is 10.1. The minimum absolute atomic E-state index is 0.172. The molecule has 0 amide bonds. The van der Waals surface area contributed by atoms with E-state index in [1.807, 2.05) is 0 Å². The third kappa shape index (κ3) is 2.36. The van der Waals surface area contributed by atoms with Crippen molar-refractivity contribution in [1.82, 2.24) is 4.98 Å².